The van der Waals surface area contributed by atoms with Crippen LogP contribution < -0.4 is 10.1 Å². The average Bonchev–Trinajstić information content (AvgIpc) is 2.47. The largest absolute Gasteiger partial charge is 0.495 e. The summed E-state index contributed by atoms with van der Waals surface area (Å²) in [6.07, 6.45) is 2.41. The molecule has 1 heterocycles. The number of hydrogen-bond acceptors (Lipinski definition) is 3. The van der Waals surface area contributed by atoms with Gasteiger partial charge in [-0.15, -0.1) is 0 Å². The summed E-state index contributed by atoms with van der Waals surface area (Å²) < 4.78 is 18.6. The molecule has 1 atom stereocenters. The number of ether oxygens (including phenoxy) is 1. The zero-order valence-corrected chi connectivity index (χ0v) is 11.8. The molecule has 0 aliphatic carbocycles. The third-order valence-electron chi connectivity index (χ3n) is 3.13. The van der Waals surface area contributed by atoms with Crippen molar-refractivity contribution in [2.45, 2.75) is 19.4 Å². The highest BCUT2D eigenvalue weighted by Gasteiger charge is 2.17. The third kappa shape index (κ3) is 3.54. The predicted molar refractivity (Wildman–Crippen MR) is 77.3 cm³/mol. The van der Waals surface area contributed by atoms with Crippen LogP contribution >= 0.6 is 0 Å². The predicted octanol–water partition coefficient (Wildman–Crippen LogP) is 3.12. The Morgan fingerprint density at radius 1 is 1.30 bits per heavy atom. The van der Waals surface area contributed by atoms with Gasteiger partial charge in [0, 0.05) is 6.20 Å². The first-order chi connectivity index (χ1) is 9.74. The van der Waals surface area contributed by atoms with Crippen molar-refractivity contribution in [2.75, 3.05) is 13.7 Å². The lowest BCUT2D eigenvalue weighted by Gasteiger charge is -2.19. The fraction of sp³-hybridized carbons (Fsp3) is 0.312. The fourth-order valence-corrected chi connectivity index (χ4v) is 2.25. The molecule has 20 heavy (non-hydrogen) atoms. The molecule has 2 rings (SSSR count). The van der Waals surface area contributed by atoms with E-state index in [0.29, 0.717) is 6.42 Å². The van der Waals surface area contributed by atoms with E-state index in [0.717, 1.165) is 23.6 Å². The highest BCUT2D eigenvalue weighted by atomic mass is 19.1. The van der Waals surface area contributed by atoms with Crippen molar-refractivity contribution in [3.63, 3.8) is 0 Å². The van der Waals surface area contributed by atoms with E-state index in [1.807, 2.05) is 25.1 Å². The second kappa shape index (κ2) is 7.01. The quantitative estimate of drug-likeness (QED) is 0.878. The molecule has 0 spiro atoms. The first-order valence-corrected chi connectivity index (χ1v) is 6.71. The molecule has 0 amide bonds. The Morgan fingerprint density at radius 2 is 2.15 bits per heavy atom. The lowest BCUT2D eigenvalue weighted by molar-refractivity contribution is 0.394. The zero-order chi connectivity index (χ0) is 14.4. The Balaban J connectivity index is 2.26. The van der Waals surface area contributed by atoms with E-state index in [1.165, 1.54) is 6.07 Å². The van der Waals surface area contributed by atoms with Crippen LogP contribution in [0.3, 0.4) is 0 Å². The molecule has 0 radical (unpaired) electrons. The number of likely N-dealkylation sites (N-methyl/N-ethyl adjacent to an activating group) is 1. The molecule has 4 heteroatoms. The van der Waals surface area contributed by atoms with Gasteiger partial charge in [0.05, 0.1) is 18.8 Å². The van der Waals surface area contributed by atoms with E-state index < -0.39 is 0 Å². The molecular weight excluding hydrogens is 255 g/mol. The van der Waals surface area contributed by atoms with Gasteiger partial charge in [-0.1, -0.05) is 19.1 Å². The molecule has 0 aliphatic heterocycles. The smallest absolute Gasteiger partial charge is 0.141 e. The highest BCUT2D eigenvalue weighted by Crippen LogP contribution is 2.25. The summed E-state index contributed by atoms with van der Waals surface area (Å²) in [5.41, 5.74) is 1.78. The molecule has 0 aliphatic rings. The van der Waals surface area contributed by atoms with Crippen molar-refractivity contribution < 1.29 is 9.13 Å². The summed E-state index contributed by atoms with van der Waals surface area (Å²) in [7, 11) is 1.63. The maximum absolute atomic E-state index is 13.3. The molecule has 106 valence electrons. The van der Waals surface area contributed by atoms with Crippen molar-refractivity contribution in [2.24, 2.45) is 0 Å². The summed E-state index contributed by atoms with van der Waals surface area (Å²) in [5, 5.41) is 3.38. The van der Waals surface area contributed by atoms with Crippen molar-refractivity contribution >= 4 is 0 Å². The van der Waals surface area contributed by atoms with Crippen LogP contribution in [0.5, 0.6) is 5.75 Å². The van der Waals surface area contributed by atoms with Crippen LogP contribution in [0.15, 0.2) is 42.6 Å². The summed E-state index contributed by atoms with van der Waals surface area (Å²) in [6.45, 7) is 2.84. The van der Waals surface area contributed by atoms with Crippen LogP contribution in [0, 0.1) is 5.82 Å². The molecule has 1 N–H and O–H groups in total. The fourth-order valence-electron chi connectivity index (χ4n) is 2.25. The number of nitrogens with zero attached hydrogens (tertiary/aromatic N) is 1. The molecular formula is C16H19FN2O. The van der Waals surface area contributed by atoms with E-state index in [2.05, 4.69) is 10.3 Å². The second-order valence-corrected chi connectivity index (χ2v) is 4.54. The number of methoxy groups -OCH3 is 1. The lowest BCUT2D eigenvalue weighted by atomic mass is 10.0. The second-order valence-electron chi connectivity index (χ2n) is 4.54. The molecule has 0 bridgehead atoms. The molecule has 1 aromatic heterocycles. The Labute approximate surface area is 118 Å². The van der Waals surface area contributed by atoms with Gasteiger partial charge in [0.1, 0.15) is 11.6 Å². The van der Waals surface area contributed by atoms with Crippen LogP contribution in [0.25, 0.3) is 0 Å². The van der Waals surface area contributed by atoms with Crippen LogP contribution in [-0.4, -0.2) is 18.6 Å². The van der Waals surface area contributed by atoms with E-state index in [-0.39, 0.29) is 11.9 Å². The van der Waals surface area contributed by atoms with Gasteiger partial charge in [-0.2, -0.15) is 0 Å². The Bertz CT molecular complexity index is 560. The Kier molecular flexibility index (Phi) is 5.07. The van der Waals surface area contributed by atoms with Gasteiger partial charge in [-0.25, -0.2) is 4.39 Å². The monoisotopic (exact) mass is 274 g/mol. The topological polar surface area (TPSA) is 34.2 Å². The van der Waals surface area contributed by atoms with Gasteiger partial charge < -0.3 is 10.1 Å². The first-order valence-electron chi connectivity index (χ1n) is 6.71. The van der Waals surface area contributed by atoms with Gasteiger partial charge >= 0.3 is 0 Å². The highest BCUT2D eigenvalue weighted by molar-refractivity contribution is 5.31. The molecule has 1 unspecified atom stereocenters. The van der Waals surface area contributed by atoms with Crippen molar-refractivity contribution in [1.29, 1.82) is 0 Å². The first kappa shape index (κ1) is 14.5. The van der Waals surface area contributed by atoms with Gasteiger partial charge in [0.15, 0.2) is 0 Å². The van der Waals surface area contributed by atoms with Crippen LogP contribution in [0.2, 0.25) is 0 Å². The third-order valence-corrected chi connectivity index (χ3v) is 3.13. The van der Waals surface area contributed by atoms with Crippen LogP contribution in [0.1, 0.15) is 24.2 Å². The maximum atomic E-state index is 13.3. The van der Waals surface area contributed by atoms with E-state index in [4.69, 9.17) is 4.74 Å². The van der Waals surface area contributed by atoms with Gasteiger partial charge in [0.2, 0.25) is 0 Å². The number of nitrogens with one attached hydrogen (secondary N) is 1. The Morgan fingerprint density at radius 3 is 2.85 bits per heavy atom. The number of pyridine rings is 1. The minimum absolute atomic E-state index is 0.00190. The number of hydrogen-bond donors (Lipinski definition) is 1. The number of aromatic nitrogens is 1. The number of halogens is 1. The minimum atomic E-state index is -0.217. The van der Waals surface area contributed by atoms with E-state index in [9.17, 15) is 4.39 Å². The van der Waals surface area contributed by atoms with Gasteiger partial charge in [-0.05, 0) is 42.8 Å². The molecule has 0 saturated carbocycles. The molecule has 3 nitrogen and oxygen atoms in total. The minimum Gasteiger partial charge on any atom is -0.495 e. The molecule has 0 saturated heterocycles. The summed E-state index contributed by atoms with van der Waals surface area (Å²) in [4.78, 5) is 4.41. The molecule has 2 aromatic rings. The normalized spacial score (nSPS) is 12.2. The van der Waals surface area contributed by atoms with E-state index in [1.54, 1.807) is 25.4 Å². The SMILES string of the molecule is CCNC(Cc1cccc(F)c1)c1ncccc1OC. The zero-order valence-electron chi connectivity index (χ0n) is 11.8. The van der Waals surface area contributed by atoms with Crippen LogP contribution in [0.4, 0.5) is 4.39 Å². The molecule has 1 aromatic carbocycles. The standard InChI is InChI=1S/C16H19FN2O/c1-3-18-14(11-12-6-4-7-13(17)10-12)16-15(20-2)8-5-9-19-16/h4-10,14,18H,3,11H2,1-2H3. The van der Waals surface area contributed by atoms with E-state index >= 15 is 0 Å². The average molecular weight is 274 g/mol. The number of rotatable bonds is 6. The summed E-state index contributed by atoms with van der Waals surface area (Å²) in [5.74, 6) is 0.528. The summed E-state index contributed by atoms with van der Waals surface area (Å²) >= 11 is 0. The van der Waals surface area contributed by atoms with Gasteiger partial charge in [-0.3, -0.25) is 4.98 Å². The Hall–Kier alpha value is -1.94. The summed E-state index contributed by atoms with van der Waals surface area (Å²) in [6, 6.07) is 10.4. The van der Waals surface area contributed by atoms with Gasteiger partial charge in [0.25, 0.3) is 0 Å². The lowest BCUT2D eigenvalue weighted by Crippen LogP contribution is -2.24. The maximum Gasteiger partial charge on any atom is 0.141 e. The van der Waals surface area contributed by atoms with Crippen molar-refractivity contribution in [1.82, 2.24) is 10.3 Å². The van der Waals surface area contributed by atoms with Crippen molar-refractivity contribution in [3.05, 3.63) is 59.7 Å². The van der Waals surface area contributed by atoms with Crippen molar-refractivity contribution in [3.8, 4) is 5.75 Å². The van der Waals surface area contributed by atoms with Crippen LogP contribution in [-0.2, 0) is 6.42 Å². The molecule has 0 fully saturated rings. The number of benzene rings is 1.